The quantitative estimate of drug-likeness (QED) is 0.215. The summed E-state index contributed by atoms with van der Waals surface area (Å²) in [6, 6.07) is 36.4. The summed E-state index contributed by atoms with van der Waals surface area (Å²) >= 11 is 17.0. The van der Waals surface area contributed by atoms with Gasteiger partial charge < -0.3 is 0 Å². The molecule has 0 saturated heterocycles. The normalized spacial score (nSPS) is 14.0. The van der Waals surface area contributed by atoms with Crippen LogP contribution in [0.15, 0.2) is 125 Å². The summed E-state index contributed by atoms with van der Waals surface area (Å²) in [7, 11) is -7.09. The van der Waals surface area contributed by atoms with Crippen LogP contribution >= 0.6 is 39.1 Å². The summed E-state index contributed by atoms with van der Waals surface area (Å²) in [6.07, 6.45) is 0. The van der Waals surface area contributed by atoms with Gasteiger partial charge in [-0.15, -0.1) is 0 Å². The summed E-state index contributed by atoms with van der Waals surface area (Å²) in [6.45, 7) is 1.94. The Morgan fingerprint density at radius 1 is 0.692 bits per heavy atom. The molecule has 5 aromatic carbocycles. The first-order valence-corrected chi connectivity index (χ1v) is 17.3. The monoisotopic (exact) mass is 649 g/mol. The third kappa shape index (κ3) is 4.17. The van der Waals surface area contributed by atoms with Gasteiger partial charge in [0.15, 0.2) is 8.07 Å². The third-order valence-electron chi connectivity index (χ3n) is 7.20. The van der Waals surface area contributed by atoms with Gasteiger partial charge in [-0.3, -0.25) is 0 Å². The van der Waals surface area contributed by atoms with Crippen molar-refractivity contribution in [2.75, 3.05) is 4.31 Å². The van der Waals surface area contributed by atoms with Crippen molar-refractivity contribution < 1.29 is 8.42 Å². The first-order valence-electron chi connectivity index (χ1n) is 12.3. The highest BCUT2D eigenvalue weighted by atomic mass is 79.9. The van der Waals surface area contributed by atoms with E-state index < -0.39 is 18.1 Å². The number of nitrogens with zero attached hydrogens (tertiary/aromatic N) is 1. The number of para-hydroxylation sites is 2. The Balaban J connectivity index is 1.79. The highest BCUT2D eigenvalue weighted by molar-refractivity contribution is 9.10. The highest BCUT2D eigenvalue weighted by Gasteiger charge is 2.51. The molecule has 8 heteroatoms. The number of anilines is 2. The van der Waals surface area contributed by atoms with Crippen LogP contribution in [-0.4, -0.2) is 16.5 Å². The van der Waals surface area contributed by atoms with Crippen LogP contribution < -0.4 is 25.1 Å². The van der Waals surface area contributed by atoms with Crippen molar-refractivity contribution in [1.82, 2.24) is 0 Å². The van der Waals surface area contributed by atoms with E-state index in [-0.39, 0.29) is 4.90 Å². The molecule has 0 atom stereocenters. The molecule has 5 aromatic rings. The predicted octanol–water partition coefficient (Wildman–Crippen LogP) is 6.28. The summed E-state index contributed by atoms with van der Waals surface area (Å²) in [5.74, 6) is 0. The van der Waals surface area contributed by atoms with Crippen LogP contribution in [0.25, 0.3) is 0 Å². The smallest absolute Gasteiger partial charge is 0.234 e. The SMILES string of the molecule is Cc1ccc(S(=O)(=O)N2c3ccccc3[Si](c3cccc(Cl)c3)(c3cccc(Cl)c3)c3cccc(Br)c32)cc1. The molecule has 0 aromatic heterocycles. The molecule has 0 amide bonds. The fraction of sp³-hybridized carbons (Fsp3) is 0.0323. The maximum atomic E-state index is 14.4. The molecule has 0 N–H and O–H groups in total. The standard InChI is InChI=1S/C31H22BrCl2NO2SSi/c1-21-15-17-24(18-16-21)38(36,37)35-28-12-2-3-13-29(28)39(25-9-4-7-22(33)19-25,26-10-5-8-23(34)20-26)30-14-6-11-27(32)31(30)35/h2-20H,1H3. The fourth-order valence-electron chi connectivity index (χ4n) is 5.56. The van der Waals surface area contributed by atoms with Gasteiger partial charge in [-0.05, 0) is 92.1 Å². The lowest BCUT2D eigenvalue weighted by molar-refractivity contribution is 0.596. The van der Waals surface area contributed by atoms with Crippen molar-refractivity contribution in [2.24, 2.45) is 0 Å². The minimum Gasteiger partial charge on any atom is -0.234 e. The minimum atomic E-state index is -3.99. The lowest BCUT2D eigenvalue weighted by Crippen LogP contribution is -2.77. The molecular weight excluding hydrogens is 629 g/mol. The van der Waals surface area contributed by atoms with E-state index >= 15 is 0 Å². The van der Waals surface area contributed by atoms with Gasteiger partial charge in [-0.1, -0.05) is 95.5 Å². The second-order valence-corrected chi connectivity index (χ2v) is 16.8. The molecule has 0 saturated carbocycles. The third-order valence-corrected chi connectivity index (χ3v) is 14.8. The molecule has 0 bridgehead atoms. The van der Waals surface area contributed by atoms with E-state index in [1.807, 2.05) is 97.9 Å². The van der Waals surface area contributed by atoms with Crippen LogP contribution in [0.2, 0.25) is 10.0 Å². The van der Waals surface area contributed by atoms with Gasteiger partial charge in [0.2, 0.25) is 0 Å². The topological polar surface area (TPSA) is 37.4 Å². The summed E-state index contributed by atoms with van der Waals surface area (Å²) in [5, 5.41) is 5.18. The van der Waals surface area contributed by atoms with Gasteiger partial charge >= 0.3 is 0 Å². The maximum Gasteiger partial charge on any atom is 0.268 e. The highest BCUT2D eigenvalue weighted by Crippen LogP contribution is 2.40. The second kappa shape index (κ2) is 9.95. The molecule has 0 fully saturated rings. The van der Waals surface area contributed by atoms with Crippen LogP contribution in [0.3, 0.4) is 0 Å². The molecule has 0 radical (unpaired) electrons. The number of halogens is 3. The fourth-order valence-corrected chi connectivity index (χ4v) is 13.8. The Morgan fingerprint density at radius 3 is 1.87 bits per heavy atom. The Morgan fingerprint density at radius 2 is 1.26 bits per heavy atom. The number of aryl methyl sites for hydroxylation is 1. The number of benzene rings is 5. The lowest BCUT2D eigenvalue weighted by atomic mass is 10.2. The molecule has 0 unspecified atom stereocenters. The average Bonchev–Trinajstić information content (AvgIpc) is 2.92. The molecule has 1 heterocycles. The van der Waals surface area contributed by atoms with Crippen molar-refractivity contribution >= 4 is 89.4 Å². The Kier molecular flexibility index (Phi) is 6.72. The van der Waals surface area contributed by atoms with Gasteiger partial charge in [0.05, 0.1) is 16.3 Å². The van der Waals surface area contributed by atoms with Crippen molar-refractivity contribution in [3.05, 3.63) is 135 Å². The number of fused-ring (bicyclic) bond motifs is 2. The van der Waals surface area contributed by atoms with Gasteiger partial charge in [-0.2, -0.15) is 0 Å². The predicted molar refractivity (Wildman–Crippen MR) is 168 cm³/mol. The first kappa shape index (κ1) is 26.4. The summed E-state index contributed by atoms with van der Waals surface area (Å²) < 4.78 is 31.1. The first-order chi connectivity index (χ1) is 18.7. The molecule has 0 aliphatic carbocycles. The molecule has 39 heavy (non-hydrogen) atoms. The van der Waals surface area contributed by atoms with Gasteiger partial charge in [0, 0.05) is 14.5 Å². The zero-order chi connectivity index (χ0) is 27.4. The van der Waals surface area contributed by atoms with Crippen LogP contribution in [-0.2, 0) is 10.0 Å². The largest absolute Gasteiger partial charge is 0.268 e. The van der Waals surface area contributed by atoms with E-state index in [0.717, 1.165) is 26.3 Å². The van der Waals surface area contributed by atoms with E-state index in [9.17, 15) is 8.42 Å². The van der Waals surface area contributed by atoms with Crippen molar-refractivity contribution in [1.29, 1.82) is 0 Å². The molecule has 194 valence electrons. The zero-order valence-corrected chi connectivity index (χ0v) is 25.7. The second-order valence-electron chi connectivity index (χ2n) is 9.51. The minimum absolute atomic E-state index is 0.226. The van der Waals surface area contributed by atoms with Gasteiger partial charge in [-0.25, -0.2) is 12.7 Å². The number of rotatable bonds is 4. The Hall–Kier alpha value is -2.87. The van der Waals surface area contributed by atoms with Crippen LogP contribution in [0.5, 0.6) is 0 Å². The van der Waals surface area contributed by atoms with Crippen LogP contribution in [0.4, 0.5) is 11.4 Å². The molecule has 1 aliphatic rings. The number of hydrogen-bond donors (Lipinski definition) is 0. The van der Waals surface area contributed by atoms with Crippen molar-refractivity contribution in [2.45, 2.75) is 11.8 Å². The van der Waals surface area contributed by atoms with Crippen LogP contribution in [0.1, 0.15) is 5.56 Å². The number of sulfonamides is 1. The van der Waals surface area contributed by atoms with E-state index in [0.29, 0.717) is 25.9 Å². The molecule has 3 nitrogen and oxygen atoms in total. The molecular formula is C31H22BrCl2NO2SSi. The van der Waals surface area contributed by atoms with E-state index in [1.165, 1.54) is 4.31 Å². The van der Waals surface area contributed by atoms with Crippen molar-refractivity contribution in [3.63, 3.8) is 0 Å². The van der Waals surface area contributed by atoms with Crippen LogP contribution in [0, 0.1) is 6.92 Å². The van der Waals surface area contributed by atoms with Gasteiger partial charge in [0.25, 0.3) is 10.0 Å². The van der Waals surface area contributed by atoms with E-state index in [1.54, 1.807) is 12.1 Å². The summed E-state index contributed by atoms with van der Waals surface area (Å²) in [4.78, 5) is 0.226. The Bertz CT molecular complexity index is 1800. The molecule has 6 rings (SSSR count). The average molecular weight is 651 g/mol. The molecule has 0 spiro atoms. The lowest BCUT2D eigenvalue weighted by Gasteiger charge is -2.44. The summed E-state index contributed by atoms with van der Waals surface area (Å²) in [5.41, 5.74) is 2.20. The van der Waals surface area contributed by atoms with Gasteiger partial charge in [0.1, 0.15) is 0 Å². The van der Waals surface area contributed by atoms with E-state index in [2.05, 4.69) is 28.1 Å². The zero-order valence-electron chi connectivity index (χ0n) is 20.8. The number of hydrogen-bond acceptors (Lipinski definition) is 2. The van der Waals surface area contributed by atoms with E-state index in [4.69, 9.17) is 23.2 Å². The Labute approximate surface area is 247 Å². The molecule has 1 aliphatic heterocycles. The maximum absolute atomic E-state index is 14.4. The van der Waals surface area contributed by atoms with Crippen molar-refractivity contribution in [3.8, 4) is 0 Å².